The van der Waals surface area contributed by atoms with Gasteiger partial charge in [0.1, 0.15) is 13.2 Å². The van der Waals surface area contributed by atoms with E-state index in [1.807, 2.05) is 5.32 Å². The van der Waals surface area contributed by atoms with E-state index in [4.69, 9.17) is 5.11 Å². The highest BCUT2D eigenvalue weighted by Crippen LogP contribution is 2.22. The fourth-order valence-electron chi connectivity index (χ4n) is 3.21. The minimum atomic E-state index is -1.11. The fraction of sp³-hybridized carbons (Fsp3) is 0.778. The van der Waals surface area contributed by atoms with Crippen LogP contribution in [-0.4, -0.2) is 42.4 Å². The third kappa shape index (κ3) is 10.3. The first kappa shape index (κ1) is 20.5. The molecule has 2 saturated carbocycles. The van der Waals surface area contributed by atoms with Crippen LogP contribution >= 0.6 is 0 Å². The quantitative estimate of drug-likeness (QED) is 0.646. The molecule has 0 aromatic heterocycles. The molecule has 0 aromatic rings. The van der Waals surface area contributed by atoms with Gasteiger partial charge in [-0.3, -0.25) is 4.79 Å². The third-order valence-corrected chi connectivity index (χ3v) is 4.40. The number of nitrogens with one attached hydrogen (secondary N) is 2. The second kappa shape index (κ2) is 12.8. The largest absolute Gasteiger partial charge is 0.480 e. The highest BCUT2D eigenvalue weighted by Gasteiger charge is 2.19. The van der Waals surface area contributed by atoms with Gasteiger partial charge in [0.05, 0.1) is 0 Å². The van der Waals surface area contributed by atoms with Gasteiger partial charge in [-0.15, -0.1) is 0 Å². The second-order valence-corrected chi connectivity index (χ2v) is 6.47. The zero-order valence-electron chi connectivity index (χ0n) is 14.6. The Balaban J connectivity index is 0.000000245. The van der Waals surface area contributed by atoms with E-state index in [-0.39, 0.29) is 6.61 Å². The normalized spacial score (nSPS) is 18.8. The standard InChI is InChI=1S/C12H23N.C6H9NO4/c1-3-7-11(8-4-1)13-12-9-5-2-6-10-12;1-2-3-11-6(10)7-4-5(8)9/h11-13H,1-10H2;2H,1,3-4H2,(H,7,10)(H,8,9). The van der Waals surface area contributed by atoms with Crippen LogP contribution in [0.2, 0.25) is 0 Å². The maximum Gasteiger partial charge on any atom is 0.407 e. The zero-order chi connectivity index (χ0) is 17.6. The molecule has 138 valence electrons. The molecule has 6 heteroatoms. The van der Waals surface area contributed by atoms with Gasteiger partial charge in [-0.2, -0.15) is 0 Å². The Hall–Kier alpha value is -1.56. The topological polar surface area (TPSA) is 87.7 Å². The molecular weight excluding hydrogens is 308 g/mol. The van der Waals surface area contributed by atoms with E-state index < -0.39 is 18.6 Å². The van der Waals surface area contributed by atoms with Gasteiger partial charge in [0.25, 0.3) is 0 Å². The average molecular weight is 340 g/mol. The summed E-state index contributed by atoms with van der Waals surface area (Å²) in [4.78, 5) is 20.3. The maximum atomic E-state index is 10.5. The molecular formula is C18H32N2O4. The number of ether oxygens (including phenoxy) is 1. The Kier molecular flexibility index (Phi) is 10.9. The molecule has 0 bridgehead atoms. The molecule has 0 aliphatic heterocycles. The summed E-state index contributed by atoms with van der Waals surface area (Å²) in [6.07, 6.45) is 15.2. The predicted molar refractivity (Wildman–Crippen MR) is 94.1 cm³/mol. The van der Waals surface area contributed by atoms with E-state index >= 15 is 0 Å². The Morgan fingerprint density at radius 1 is 1.00 bits per heavy atom. The fourth-order valence-corrected chi connectivity index (χ4v) is 3.21. The number of carbonyl (C=O) groups excluding carboxylic acids is 1. The first-order valence-corrected chi connectivity index (χ1v) is 9.11. The number of alkyl carbamates (subject to hydrolysis) is 1. The molecule has 2 aliphatic rings. The number of hydrogen-bond acceptors (Lipinski definition) is 4. The molecule has 2 rings (SSSR count). The van der Waals surface area contributed by atoms with Crippen molar-refractivity contribution in [2.45, 2.75) is 76.3 Å². The summed E-state index contributed by atoms with van der Waals surface area (Å²) in [5, 5.41) is 14.0. The summed E-state index contributed by atoms with van der Waals surface area (Å²) < 4.78 is 4.41. The number of carboxylic acids is 1. The van der Waals surface area contributed by atoms with Crippen LogP contribution in [0.25, 0.3) is 0 Å². The lowest BCUT2D eigenvalue weighted by Crippen LogP contribution is -2.40. The molecule has 0 atom stereocenters. The summed E-state index contributed by atoms with van der Waals surface area (Å²) >= 11 is 0. The van der Waals surface area contributed by atoms with Crippen LogP contribution in [-0.2, 0) is 9.53 Å². The lowest BCUT2D eigenvalue weighted by atomic mass is 9.91. The van der Waals surface area contributed by atoms with E-state index in [2.05, 4.69) is 16.6 Å². The Morgan fingerprint density at radius 2 is 1.50 bits per heavy atom. The van der Waals surface area contributed by atoms with E-state index in [1.54, 1.807) is 0 Å². The number of rotatable bonds is 6. The highest BCUT2D eigenvalue weighted by atomic mass is 16.5. The van der Waals surface area contributed by atoms with E-state index in [9.17, 15) is 9.59 Å². The predicted octanol–water partition coefficient (Wildman–Crippen LogP) is 3.22. The first-order chi connectivity index (χ1) is 11.6. The minimum absolute atomic E-state index is 0.0749. The van der Waals surface area contributed by atoms with Crippen LogP contribution in [0.1, 0.15) is 64.2 Å². The van der Waals surface area contributed by atoms with Crippen molar-refractivity contribution >= 4 is 12.1 Å². The Morgan fingerprint density at radius 3 is 1.92 bits per heavy atom. The van der Waals surface area contributed by atoms with Gasteiger partial charge in [0.2, 0.25) is 0 Å². The first-order valence-electron chi connectivity index (χ1n) is 9.11. The summed E-state index contributed by atoms with van der Waals surface area (Å²) in [7, 11) is 0. The van der Waals surface area contributed by atoms with E-state index in [0.717, 1.165) is 12.1 Å². The molecule has 0 aromatic carbocycles. The summed E-state index contributed by atoms with van der Waals surface area (Å²) in [5.74, 6) is -1.11. The summed E-state index contributed by atoms with van der Waals surface area (Å²) in [5.41, 5.74) is 0. The van der Waals surface area contributed by atoms with Gasteiger partial charge in [0.15, 0.2) is 0 Å². The monoisotopic (exact) mass is 340 g/mol. The molecule has 24 heavy (non-hydrogen) atoms. The van der Waals surface area contributed by atoms with Crippen LogP contribution in [0.15, 0.2) is 12.7 Å². The second-order valence-electron chi connectivity index (χ2n) is 6.47. The molecule has 3 N–H and O–H groups in total. The lowest BCUT2D eigenvalue weighted by Gasteiger charge is -2.30. The number of hydrogen-bond donors (Lipinski definition) is 3. The van der Waals surface area contributed by atoms with Crippen molar-refractivity contribution in [2.75, 3.05) is 13.2 Å². The van der Waals surface area contributed by atoms with Crippen molar-refractivity contribution in [3.63, 3.8) is 0 Å². The van der Waals surface area contributed by atoms with Crippen molar-refractivity contribution in [1.82, 2.24) is 10.6 Å². The zero-order valence-corrected chi connectivity index (χ0v) is 14.6. The molecule has 0 radical (unpaired) electrons. The molecule has 0 saturated heterocycles. The van der Waals surface area contributed by atoms with Gasteiger partial charge in [-0.1, -0.05) is 51.2 Å². The summed E-state index contributed by atoms with van der Waals surface area (Å²) in [6, 6.07) is 1.74. The van der Waals surface area contributed by atoms with Crippen molar-refractivity contribution in [3.8, 4) is 0 Å². The number of carboxylic acid groups (broad SMARTS) is 1. The molecule has 2 fully saturated rings. The van der Waals surface area contributed by atoms with E-state index in [0.29, 0.717) is 0 Å². The van der Waals surface area contributed by atoms with Crippen LogP contribution < -0.4 is 10.6 Å². The molecule has 0 spiro atoms. The lowest BCUT2D eigenvalue weighted by molar-refractivity contribution is -0.135. The van der Waals surface area contributed by atoms with Gasteiger partial charge >= 0.3 is 12.1 Å². The number of carbonyl (C=O) groups is 2. The van der Waals surface area contributed by atoms with Crippen molar-refractivity contribution in [1.29, 1.82) is 0 Å². The number of aliphatic carboxylic acids is 1. The van der Waals surface area contributed by atoms with Gasteiger partial charge in [-0.05, 0) is 25.7 Å². The average Bonchev–Trinajstić information content (AvgIpc) is 2.60. The maximum absolute atomic E-state index is 10.5. The van der Waals surface area contributed by atoms with Gasteiger partial charge in [0, 0.05) is 12.1 Å². The van der Waals surface area contributed by atoms with Gasteiger partial charge < -0.3 is 20.5 Å². The Bertz CT molecular complexity index is 359. The molecule has 0 unspecified atom stereocenters. The van der Waals surface area contributed by atoms with E-state index in [1.165, 1.54) is 70.3 Å². The van der Waals surface area contributed by atoms with Crippen LogP contribution in [0.3, 0.4) is 0 Å². The molecule has 0 heterocycles. The minimum Gasteiger partial charge on any atom is -0.480 e. The van der Waals surface area contributed by atoms with Crippen LogP contribution in [0, 0.1) is 0 Å². The van der Waals surface area contributed by atoms with Crippen molar-refractivity contribution in [3.05, 3.63) is 12.7 Å². The van der Waals surface area contributed by atoms with Crippen LogP contribution in [0.4, 0.5) is 4.79 Å². The van der Waals surface area contributed by atoms with Gasteiger partial charge in [-0.25, -0.2) is 4.79 Å². The molecule has 2 aliphatic carbocycles. The molecule has 1 amide bonds. The van der Waals surface area contributed by atoms with Crippen LogP contribution in [0.5, 0.6) is 0 Å². The third-order valence-electron chi connectivity index (χ3n) is 4.40. The Labute approximate surface area is 145 Å². The van der Waals surface area contributed by atoms with Crippen molar-refractivity contribution in [2.24, 2.45) is 0 Å². The SMILES string of the molecule is C1CCC(NC2CCCCC2)CC1.C=CCOC(=O)NCC(=O)O. The highest BCUT2D eigenvalue weighted by molar-refractivity contribution is 5.76. The van der Waals surface area contributed by atoms with Crippen molar-refractivity contribution < 1.29 is 19.4 Å². The summed E-state index contributed by atoms with van der Waals surface area (Å²) in [6.45, 7) is 2.95. The number of amides is 1. The smallest absolute Gasteiger partial charge is 0.407 e. The molecule has 6 nitrogen and oxygen atoms in total.